The van der Waals surface area contributed by atoms with E-state index < -0.39 is 21.7 Å². The van der Waals surface area contributed by atoms with E-state index in [4.69, 9.17) is 5.14 Å². The molecule has 0 saturated heterocycles. The van der Waals surface area contributed by atoms with Gasteiger partial charge in [-0.2, -0.15) is 0 Å². The molecule has 2 rings (SSSR count). The molecule has 0 amide bonds. The van der Waals surface area contributed by atoms with Gasteiger partial charge in [0.05, 0.1) is 4.90 Å². The van der Waals surface area contributed by atoms with Crippen molar-refractivity contribution in [1.29, 1.82) is 0 Å². The first-order valence-corrected chi connectivity index (χ1v) is 7.62. The van der Waals surface area contributed by atoms with Gasteiger partial charge in [0.15, 0.2) is 0 Å². The molecule has 0 radical (unpaired) electrons. The van der Waals surface area contributed by atoms with Crippen LogP contribution in [0.25, 0.3) is 0 Å². The molecule has 0 aliphatic carbocycles. The molecule has 0 fully saturated rings. The lowest BCUT2D eigenvalue weighted by atomic mass is 10.1. The summed E-state index contributed by atoms with van der Waals surface area (Å²) in [6.45, 7) is 1.94. The highest BCUT2D eigenvalue weighted by atomic mass is 32.2. The topological polar surface area (TPSA) is 72.2 Å². The molecule has 112 valence electrons. The van der Waals surface area contributed by atoms with Crippen LogP contribution in [-0.4, -0.2) is 8.42 Å². The number of rotatable bonds is 4. The molecule has 0 aliphatic heterocycles. The zero-order valence-corrected chi connectivity index (χ0v) is 12.0. The summed E-state index contributed by atoms with van der Waals surface area (Å²) >= 11 is 0. The number of aryl methyl sites for hydroxylation is 1. The molecule has 0 saturated carbocycles. The maximum absolute atomic E-state index is 13.1. The second-order valence-electron chi connectivity index (χ2n) is 4.65. The van der Waals surface area contributed by atoms with Crippen LogP contribution >= 0.6 is 0 Å². The van der Waals surface area contributed by atoms with E-state index in [-0.39, 0.29) is 11.4 Å². The van der Waals surface area contributed by atoms with E-state index in [1.807, 2.05) is 0 Å². The highest BCUT2D eigenvalue weighted by Crippen LogP contribution is 2.20. The molecule has 0 aliphatic rings. The Morgan fingerprint density at radius 1 is 1.10 bits per heavy atom. The van der Waals surface area contributed by atoms with Crippen LogP contribution in [-0.2, 0) is 16.6 Å². The Kier molecular flexibility index (Phi) is 4.24. The number of nitrogens with two attached hydrogens (primary N) is 1. The number of halogens is 2. The van der Waals surface area contributed by atoms with E-state index in [1.54, 1.807) is 13.0 Å². The average molecular weight is 312 g/mol. The summed E-state index contributed by atoms with van der Waals surface area (Å²) in [5.74, 6) is -1.33. The monoisotopic (exact) mass is 312 g/mol. The lowest BCUT2D eigenvalue weighted by Gasteiger charge is -2.11. The van der Waals surface area contributed by atoms with Gasteiger partial charge in [0.2, 0.25) is 10.0 Å². The third-order valence-electron chi connectivity index (χ3n) is 2.94. The quantitative estimate of drug-likeness (QED) is 0.911. The molecular weight excluding hydrogens is 298 g/mol. The molecule has 21 heavy (non-hydrogen) atoms. The number of benzene rings is 2. The van der Waals surface area contributed by atoms with Crippen molar-refractivity contribution < 1.29 is 17.2 Å². The Morgan fingerprint density at radius 2 is 1.71 bits per heavy atom. The lowest BCUT2D eigenvalue weighted by molar-refractivity contribution is 0.580. The summed E-state index contributed by atoms with van der Waals surface area (Å²) in [6, 6.07) is 7.59. The first-order chi connectivity index (χ1) is 9.75. The molecule has 3 N–H and O–H groups in total. The fourth-order valence-corrected chi connectivity index (χ4v) is 2.42. The Labute approximate surface area is 121 Å². The first kappa shape index (κ1) is 15.4. The van der Waals surface area contributed by atoms with Gasteiger partial charge in [-0.05, 0) is 42.3 Å². The maximum atomic E-state index is 13.1. The fourth-order valence-electron chi connectivity index (χ4n) is 1.88. The third-order valence-corrected chi connectivity index (χ3v) is 3.85. The van der Waals surface area contributed by atoms with E-state index in [1.165, 1.54) is 24.3 Å². The predicted molar refractivity (Wildman–Crippen MR) is 76.2 cm³/mol. The largest absolute Gasteiger partial charge is 0.381 e. The van der Waals surface area contributed by atoms with Gasteiger partial charge in [0, 0.05) is 18.3 Å². The number of nitrogens with one attached hydrogen (secondary N) is 1. The molecule has 7 heteroatoms. The van der Waals surface area contributed by atoms with Gasteiger partial charge < -0.3 is 5.32 Å². The summed E-state index contributed by atoms with van der Waals surface area (Å²) in [5.41, 5.74) is 1.73. The highest BCUT2D eigenvalue weighted by Gasteiger charge is 2.10. The van der Waals surface area contributed by atoms with Crippen molar-refractivity contribution in [1.82, 2.24) is 0 Å². The highest BCUT2D eigenvalue weighted by molar-refractivity contribution is 7.89. The Morgan fingerprint density at radius 3 is 2.29 bits per heavy atom. The van der Waals surface area contributed by atoms with Gasteiger partial charge in [-0.15, -0.1) is 0 Å². The van der Waals surface area contributed by atoms with Gasteiger partial charge in [-0.25, -0.2) is 22.3 Å². The second-order valence-corrected chi connectivity index (χ2v) is 6.21. The second kappa shape index (κ2) is 5.79. The minimum absolute atomic E-state index is 0.0268. The van der Waals surface area contributed by atoms with E-state index in [9.17, 15) is 17.2 Å². The van der Waals surface area contributed by atoms with Gasteiger partial charge >= 0.3 is 0 Å². The molecule has 0 atom stereocenters. The summed E-state index contributed by atoms with van der Waals surface area (Å²) in [6.07, 6.45) is 0. The molecule has 0 spiro atoms. The minimum atomic E-state index is -3.80. The molecule has 0 heterocycles. The fraction of sp³-hybridized carbons (Fsp3) is 0.143. The maximum Gasteiger partial charge on any atom is 0.238 e. The van der Waals surface area contributed by atoms with Crippen molar-refractivity contribution in [3.05, 3.63) is 59.2 Å². The van der Waals surface area contributed by atoms with Crippen LogP contribution in [0.1, 0.15) is 11.1 Å². The SMILES string of the molecule is Cc1ccc(S(N)(=O)=O)cc1NCc1cc(F)cc(F)c1. The van der Waals surface area contributed by atoms with Crippen molar-refractivity contribution in [3.8, 4) is 0 Å². The van der Waals surface area contributed by atoms with Gasteiger partial charge in [0.25, 0.3) is 0 Å². The predicted octanol–water partition coefficient (Wildman–Crippen LogP) is 2.53. The number of hydrogen-bond donors (Lipinski definition) is 2. The minimum Gasteiger partial charge on any atom is -0.381 e. The average Bonchev–Trinajstić information content (AvgIpc) is 2.35. The number of hydrogen-bond acceptors (Lipinski definition) is 3. The van der Waals surface area contributed by atoms with Crippen molar-refractivity contribution >= 4 is 15.7 Å². The van der Waals surface area contributed by atoms with Crippen LogP contribution in [0.2, 0.25) is 0 Å². The van der Waals surface area contributed by atoms with E-state index in [0.717, 1.165) is 11.6 Å². The number of anilines is 1. The molecule has 2 aromatic rings. The molecule has 2 aromatic carbocycles. The van der Waals surface area contributed by atoms with Crippen molar-refractivity contribution in [2.45, 2.75) is 18.4 Å². The number of sulfonamides is 1. The van der Waals surface area contributed by atoms with Crippen LogP contribution in [0, 0.1) is 18.6 Å². The van der Waals surface area contributed by atoms with E-state index in [0.29, 0.717) is 11.3 Å². The normalized spacial score (nSPS) is 11.4. The first-order valence-electron chi connectivity index (χ1n) is 6.08. The Balaban J connectivity index is 2.23. The van der Waals surface area contributed by atoms with Crippen LogP contribution in [0.15, 0.2) is 41.3 Å². The van der Waals surface area contributed by atoms with Gasteiger partial charge in [0.1, 0.15) is 11.6 Å². The molecule has 0 unspecified atom stereocenters. The summed E-state index contributed by atoms with van der Waals surface area (Å²) in [7, 11) is -3.80. The van der Waals surface area contributed by atoms with Crippen LogP contribution in [0.3, 0.4) is 0 Å². The van der Waals surface area contributed by atoms with Crippen molar-refractivity contribution in [3.63, 3.8) is 0 Å². The van der Waals surface area contributed by atoms with Gasteiger partial charge in [-0.1, -0.05) is 6.07 Å². The standard InChI is InChI=1S/C14H14F2N2O2S/c1-9-2-3-13(21(17,19)20)7-14(9)18-8-10-4-11(15)6-12(16)5-10/h2-7,18H,8H2,1H3,(H2,17,19,20). The van der Waals surface area contributed by atoms with Crippen LogP contribution in [0.5, 0.6) is 0 Å². The van der Waals surface area contributed by atoms with Crippen molar-refractivity contribution in [2.75, 3.05) is 5.32 Å². The zero-order chi connectivity index (χ0) is 15.6. The van der Waals surface area contributed by atoms with Crippen LogP contribution < -0.4 is 10.5 Å². The smallest absolute Gasteiger partial charge is 0.238 e. The number of primary sulfonamides is 1. The summed E-state index contributed by atoms with van der Waals surface area (Å²) in [4.78, 5) is -0.0268. The summed E-state index contributed by atoms with van der Waals surface area (Å²) < 4.78 is 48.8. The Bertz CT molecular complexity index is 756. The molecule has 4 nitrogen and oxygen atoms in total. The summed E-state index contributed by atoms with van der Waals surface area (Å²) in [5, 5.41) is 8.01. The lowest BCUT2D eigenvalue weighted by Crippen LogP contribution is -2.13. The van der Waals surface area contributed by atoms with Crippen LogP contribution in [0.4, 0.5) is 14.5 Å². The molecule has 0 bridgehead atoms. The molecule has 0 aromatic heterocycles. The van der Waals surface area contributed by atoms with Crippen molar-refractivity contribution in [2.24, 2.45) is 5.14 Å². The Hall–Kier alpha value is -1.99. The molecular formula is C14H14F2N2O2S. The third kappa shape index (κ3) is 3.99. The van der Waals surface area contributed by atoms with E-state index in [2.05, 4.69) is 5.32 Å². The van der Waals surface area contributed by atoms with Gasteiger partial charge in [-0.3, -0.25) is 0 Å². The van der Waals surface area contributed by atoms with E-state index >= 15 is 0 Å². The zero-order valence-electron chi connectivity index (χ0n) is 11.2.